The molecule has 0 aliphatic carbocycles. The summed E-state index contributed by atoms with van der Waals surface area (Å²) in [6, 6.07) is 4.05. The molecule has 2 atom stereocenters. The smallest absolute Gasteiger partial charge is 0.123 e. The Morgan fingerprint density at radius 1 is 1.50 bits per heavy atom. The van der Waals surface area contributed by atoms with Gasteiger partial charge in [0.15, 0.2) is 0 Å². The molecular formula is C11H16FNO. The fourth-order valence-corrected chi connectivity index (χ4v) is 1.47. The van der Waals surface area contributed by atoms with Crippen LogP contribution in [0.3, 0.4) is 0 Å². The van der Waals surface area contributed by atoms with Gasteiger partial charge in [-0.25, -0.2) is 4.39 Å². The van der Waals surface area contributed by atoms with Gasteiger partial charge in [-0.15, -0.1) is 0 Å². The van der Waals surface area contributed by atoms with Crippen LogP contribution < -0.4 is 5.73 Å². The summed E-state index contributed by atoms with van der Waals surface area (Å²) in [5, 5.41) is 9.34. The number of aryl methyl sites for hydroxylation is 1. The average molecular weight is 197 g/mol. The van der Waals surface area contributed by atoms with E-state index in [0.717, 1.165) is 11.1 Å². The third kappa shape index (κ3) is 2.30. The van der Waals surface area contributed by atoms with Crippen LogP contribution in [0.4, 0.5) is 4.39 Å². The molecule has 0 fully saturated rings. The largest absolute Gasteiger partial charge is 0.391 e. The van der Waals surface area contributed by atoms with E-state index < -0.39 is 12.1 Å². The van der Waals surface area contributed by atoms with Crippen LogP contribution in [-0.2, 0) is 6.42 Å². The summed E-state index contributed by atoms with van der Waals surface area (Å²) in [5.74, 6) is -0.261. The molecule has 1 aromatic carbocycles. The zero-order valence-corrected chi connectivity index (χ0v) is 8.50. The molecule has 0 bridgehead atoms. The number of hydrogen-bond acceptors (Lipinski definition) is 2. The summed E-state index contributed by atoms with van der Waals surface area (Å²) in [6.07, 6.45) is 0.0961. The summed E-state index contributed by atoms with van der Waals surface area (Å²) in [7, 11) is 0. The first-order valence-corrected chi connectivity index (χ1v) is 4.78. The van der Waals surface area contributed by atoms with Crippen molar-refractivity contribution in [2.45, 2.75) is 32.4 Å². The number of halogens is 1. The van der Waals surface area contributed by atoms with Gasteiger partial charge in [-0.3, -0.25) is 0 Å². The minimum atomic E-state index is -0.620. The lowest BCUT2D eigenvalue weighted by atomic mass is 9.96. The van der Waals surface area contributed by atoms with Crippen LogP contribution in [-0.4, -0.2) is 11.2 Å². The van der Waals surface area contributed by atoms with Crippen molar-refractivity contribution in [3.63, 3.8) is 0 Å². The van der Waals surface area contributed by atoms with E-state index >= 15 is 0 Å². The number of benzene rings is 1. The van der Waals surface area contributed by atoms with Crippen molar-refractivity contribution in [2.75, 3.05) is 0 Å². The van der Waals surface area contributed by atoms with Gasteiger partial charge in [0.2, 0.25) is 0 Å². The highest BCUT2D eigenvalue weighted by Gasteiger charge is 2.15. The van der Waals surface area contributed by atoms with E-state index in [4.69, 9.17) is 5.73 Å². The van der Waals surface area contributed by atoms with Crippen molar-refractivity contribution in [3.05, 3.63) is 35.1 Å². The van der Waals surface area contributed by atoms with Crippen molar-refractivity contribution in [1.29, 1.82) is 0 Å². The van der Waals surface area contributed by atoms with Crippen LogP contribution in [0.25, 0.3) is 0 Å². The average Bonchev–Trinajstić information content (AvgIpc) is 2.16. The second-order valence-electron chi connectivity index (χ2n) is 3.46. The maximum absolute atomic E-state index is 12.9. The molecule has 14 heavy (non-hydrogen) atoms. The molecule has 0 unspecified atom stereocenters. The molecule has 3 N–H and O–H groups in total. The van der Waals surface area contributed by atoms with Gasteiger partial charge in [-0.05, 0) is 36.6 Å². The summed E-state index contributed by atoms with van der Waals surface area (Å²) in [5.41, 5.74) is 7.47. The highest BCUT2D eigenvalue weighted by Crippen LogP contribution is 2.20. The van der Waals surface area contributed by atoms with Gasteiger partial charge in [0.1, 0.15) is 5.82 Å². The highest BCUT2D eigenvalue weighted by atomic mass is 19.1. The Morgan fingerprint density at radius 2 is 2.14 bits per heavy atom. The summed E-state index contributed by atoms with van der Waals surface area (Å²) in [4.78, 5) is 0. The first-order valence-electron chi connectivity index (χ1n) is 4.78. The minimum Gasteiger partial charge on any atom is -0.391 e. The molecular weight excluding hydrogens is 181 g/mol. The maximum atomic E-state index is 12.9. The van der Waals surface area contributed by atoms with E-state index in [0.29, 0.717) is 6.42 Å². The summed E-state index contributed by atoms with van der Waals surface area (Å²) >= 11 is 0. The van der Waals surface area contributed by atoms with Crippen LogP contribution in [0.2, 0.25) is 0 Å². The highest BCUT2D eigenvalue weighted by molar-refractivity contribution is 5.31. The van der Waals surface area contributed by atoms with Crippen LogP contribution in [0.5, 0.6) is 0 Å². The molecule has 0 amide bonds. The Labute approximate surface area is 83.6 Å². The molecule has 1 rings (SSSR count). The topological polar surface area (TPSA) is 46.2 Å². The molecule has 3 heteroatoms. The van der Waals surface area contributed by atoms with Crippen LogP contribution in [0, 0.1) is 5.82 Å². The molecule has 1 aromatic rings. The van der Waals surface area contributed by atoms with Crippen LogP contribution in [0.15, 0.2) is 18.2 Å². The quantitative estimate of drug-likeness (QED) is 0.775. The van der Waals surface area contributed by atoms with E-state index in [1.54, 1.807) is 13.0 Å². The number of nitrogens with two attached hydrogens (primary N) is 1. The second-order valence-corrected chi connectivity index (χ2v) is 3.46. The fourth-order valence-electron chi connectivity index (χ4n) is 1.47. The van der Waals surface area contributed by atoms with Gasteiger partial charge in [0.05, 0.1) is 12.1 Å². The van der Waals surface area contributed by atoms with Gasteiger partial charge in [-0.2, -0.15) is 0 Å². The van der Waals surface area contributed by atoms with Crippen molar-refractivity contribution < 1.29 is 9.50 Å². The van der Waals surface area contributed by atoms with Crippen molar-refractivity contribution in [1.82, 2.24) is 0 Å². The number of aliphatic hydroxyl groups is 1. The first-order chi connectivity index (χ1) is 6.56. The van der Waals surface area contributed by atoms with Gasteiger partial charge in [-0.1, -0.05) is 13.0 Å². The molecule has 0 aromatic heterocycles. The molecule has 0 heterocycles. The van der Waals surface area contributed by atoms with Gasteiger partial charge in [0, 0.05) is 0 Å². The standard InChI is InChI=1S/C11H16FNO/c1-3-8-6-9(12)4-5-10(8)11(13)7(2)14/h4-7,11,14H,3,13H2,1-2H3/t7-,11-/m0/s1. The molecule has 0 radical (unpaired) electrons. The lowest BCUT2D eigenvalue weighted by Gasteiger charge is -2.18. The lowest BCUT2D eigenvalue weighted by molar-refractivity contribution is 0.164. The Morgan fingerprint density at radius 3 is 2.64 bits per heavy atom. The minimum absolute atomic E-state index is 0.261. The van der Waals surface area contributed by atoms with Gasteiger partial charge >= 0.3 is 0 Å². The number of hydrogen-bond donors (Lipinski definition) is 2. The summed E-state index contributed by atoms with van der Waals surface area (Å²) in [6.45, 7) is 3.57. The molecule has 0 saturated heterocycles. The molecule has 0 spiro atoms. The zero-order valence-electron chi connectivity index (χ0n) is 8.50. The van der Waals surface area contributed by atoms with Crippen molar-refractivity contribution in [3.8, 4) is 0 Å². The molecule has 0 aliphatic rings. The Balaban J connectivity index is 3.07. The van der Waals surface area contributed by atoms with E-state index in [-0.39, 0.29) is 5.82 Å². The van der Waals surface area contributed by atoms with Gasteiger partial charge < -0.3 is 10.8 Å². The normalized spacial score (nSPS) is 15.2. The summed E-state index contributed by atoms with van der Waals surface area (Å²) < 4.78 is 12.9. The predicted octanol–water partition coefficient (Wildman–Crippen LogP) is 1.77. The lowest BCUT2D eigenvalue weighted by Crippen LogP contribution is -2.24. The SMILES string of the molecule is CCc1cc(F)ccc1[C@@H](N)[C@H](C)O. The third-order valence-electron chi connectivity index (χ3n) is 2.36. The molecule has 78 valence electrons. The fraction of sp³-hybridized carbons (Fsp3) is 0.455. The van der Waals surface area contributed by atoms with Crippen molar-refractivity contribution in [2.24, 2.45) is 5.73 Å². The zero-order chi connectivity index (χ0) is 10.7. The first kappa shape index (κ1) is 11.1. The van der Waals surface area contributed by atoms with Crippen LogP contribution >= 0.6 is 0 Å². The van der Waals surface area contributed by atoms with E-state index in [1.165, 1.54) is 12.1 Å². The van der Waals surface area contributed by atoms with E-state index in [2.05, 4.69) is 0 Å². The Bertz CT molecular complexity index is 312. The molecule has 2 nitrogen and oxygen atoms in total. The predicted molar refractivity (Wildman–Crippen MR) is 54.4 cm³/mol. The third-order valence-corrected chi connectivity index (χ3v) is 2.36. The maximum Gasteiger partial charge on any atom is 0.123 e. The van der Waals surface area contributed by atoms with E-state index in [1.807, 2.05) is 6.92 Å². The number of rotatable bonds is 3. The second kappa shape index (κ2) is 4.53. The number of aliphatic hydroxyl groups excluding tert-OH is 1. The Kier molecular flexibility index (Phi) is 3.61. The van der Waals surface area contributed by atoms with Crippen LogP contribution in [0.1, 0.15) is 31.0 Å². The van der Waals surface area contributed by atoms with Gasteiger partial charge in [0.25, 0.3) is 0 Å². The van der Waals surface area contributed by atoms with E-state index in [9.17, 15) is 9.50 Å². The van der Waals surface area contributed by atoms with Crippen molar-refractivity contribution >= 4 is 0 Å². The Hall–Kier alpha value is -0.930. The molecule has 0 aliphatic heterocycles. The monoisotopic (exact) mass is 197 g/mol. The molecule has 0 saturated carbocycles.